The summed E-state index contributed by atoms with van der Waals surface area (Å²) in [5, 5.41) is 0. The second-order valence-corrected chi connectivity index (χ2v) is 10.1. The summed E-state index contributed by atoms with van der Waals surface area (Å²) in [5.74, 6) is -0.675. The lowest BCUT2D eigenvalue weighted by molar-refractivity contribution is -0.159. The molecule has 0 unspecified atom stereocenters. The first-order chi connectivity index (χ1) is 16.7. The van der Waals surface area contributed by atoms with Gasteiger partial charge in [0.15, 0.2) is 0 Å². The maximum absolute atomic E-state index is 11.8. The van der Waals surface area contributed by atoms with Crippen LogP contribution < -0.4 is 0 Å². The van der Waals surface area contributed by atoms with Crippen LogP contribution in [0.15, 0.2) is 12.2 Å². The Hall–Kier alpha value is -1.12. The van der Waals surface area contributed by atoms with Gasteiger partial charge in [0, 0.05) is 12.8 Å². The number of rotatable bonds is 26. The first kappa shape index (κ1) is 32.9. The van der Waals surface area contributed by atoms with Crippen molar-refractivity contribution in [3.8, 4) is 0 Å². The van der Waals surface area contributed by atoms with Crippen molar-refractivity contribution >= 4 is 11.9 Å². The van der Waals surface area contributed by atoms with E-state index in [2.05, 4.69) is 26.0 Å². The van der Waals surface area contributed by atoms with E-state index >= 15 is 0 Å². The molecule has 200 valence electrons. The Bertz CT molecular complexity index is 469. The fourth-order valence-corrected chi connectivity index (χ4v) is 4.33. The summed E-state index contributed by atoms with van der Waals surface area (Å²) in [6, 6.07) is 0. The molecule has 0 saturated carbocycles. The van der Waals surface area contributed by atoms with Crippen molar-refractivity contribution in [2.75, 3.05) is 0 Å². The average Bonchev–Trinajstić information content (AvgIpc) is 2.82. The van der Waals surface area contributed by atoms with Gasteiger partial charge >= 0.3 is 11.9 Å². The number of carbonyl (C=O) groups is 2. The van der Waals surface area contributed by atoms with E-state index in [0.29, 0.717) is 12.8 Å². The highest BCUT2D eigenvalue weighted by Crippen LogP contribution is 2.13. The highest BCUT2D eigenvalue weighted by molar-refractivity contribution is 5.85. The van der Waals surface area contributed by atoms with Crippen LogP contribution in [0.5, 0.6) is 0 Å². The Morgan fingerprint density at radius 2 is 0.735 bits per heavy atom. The van der Waals surface area contributed by atoms with Crippen molar-refractivity contribution in [3.05, 3.63) is 12.2 Å². The van der Waals surface area contributed by atoms with E-state index in [9.17, 15) is 9.59 Å². The predicted octanol–water partition coefficient (Wildman–Crippen LogP) is 10.4. The number of carbonyl (C=O) groups excluding carboxylic acids is 2. The molecule has 0 rings (SSSR count). The average molecular weight is 479 g/mol. The van der Waals surface area contributed by atoms with Crippen LogP contribution in [0.4, 0.5) is 0 Å². The minimum atomic E-state index is -0.339. The van der Waals surface area contributed by atoms with E-state index in [0.717, 1.165) is 25.7 Å². The molecule has 3 heteroatoms. The summed E-state index contributed by atoms with van der Waals surface area (Å²) in [7, 11) is 0. The highest BCUT2D eigenvalue weighted by atomic mass is 16.6. The maximum atomic E-state index is 11.8. The summed E-state index contributed by atoms with van der Waals surface area (Å²) in [4.78, 5) is 23.5. The van der Waals surface area contributed by atoms with Crippen LogP contribution in [0.3, 0.4) is 0 Å². The van der Waals surface area contributed by atoms with Crippen LogP contribution >= 0.6 is 0 Å². The van der Waals surface area contributed by atoms with Gasteiger partial charge in [-0.3, -0.25) is 9.59 Å². The van der Waals surface area contributed by atoms with Gasteiger partial charge in [-0.15, -0.1) is 0 Å². The van der Waals surface area contributed by atoms with Gasteiger partial charge in [-0.05, 0) is 38.5 Å². The fourth-order valence-electron chi connectivity index (χ4n) is 4.33. The quantitative estimate of drug-likeness (QED) is 0.0537. The molecule has 3 nitrogen and oxygen atoms in total. The molecule has 0 heterocycles. The second-order valence-electron chi connectivity index (χ2n) is 10.1. The second kappa shape index (κ2) is 28.1. The van der Waals surface area contributed by atoms with E-state index < -0.39 is 0 Å². The SMILES string of the molecule is CCCCCCCC/C=C\CCCCCCCCCCCC(=O)OC(=O)CCCCCCCC. The molecule has 0 N–H and O–H groups in total. The molecule has 0 fully saturated rings. The molecule has 0 aliphatic heterocycles. The van der Waals surface area contributed by atoms with Gasteiger partial charge in [-0.25, -0.2) is 0 Å². The standard InChI is InChI=1S/C31H58O3/c1-3-5-7-9-11-12-13-14-15-16-17-18-19-20-21-22-23-25-27-29-31(33)34-30(32)28-26-24-10-8-6-4-2/h14-15H,3-13,16-29H2,1-2H3/b15-14-. The zero-order valence-electron chi connectivity index (χ0n) is 23.1. The molecular formula is C31H58O3. The normalized spacial score (nSPS) is 11.4. The van der Waals surface area contributed by atoms with Crippen LogP contribution in [-0.2, 0) is 14.3 Å². The van der Waals surface area contributed by atoms with E-state index in [1.54, 1.807) is 0 Å². The Balaban J connectivity index is 3.28. The van der Waals surface area contributed by atoms with Gasteiger partial charge in [0.1, 0.15) is 0 Å². The van der Waals surface area contributed by atoms with Gasteiger partial charge in [-0.1, -0.05) is 135 Å². The van der Waals surface area contributed by atoms with Crippen LogP contribution in [-0.4, -0.2) is 11.9 Å². The van der Waals surface area contributed by atoms with Crippen molar-refractivity contribution in [1.82, 2.24) is 0 Å². The Morgan fingerprint density at radius 1 is 0.441 bits per heavy atom. The molecule has 0 spiro atoms. The van der Waals surface area contributed by atoms with Gasteiger partial charge in [-0.2, -0.15) is 0 Å². The minimum absolute atomic E-state index is 0.336. The third-order valence-electron chi connectivity index (χ3n) is 6.60. The van der Waals surface area contributed by atoms with E-state index in [1.165, 1.54) is 122 Å². The molecule has 0 aliphatic rings. The lowest BCUT2D eigenvalue weighted by Crippen LogP contribution is -2.11. The summed E-state index contributed by atoms with van der Waals surface area (Å²) < 4.78 is 4.93. The molecule has 0 amide bonds. The molecule has 0 aromatic rings. The number of ether oxygens (including phenoxy) is 1. The van der Waals surface area contributed by atoms with Crippen molar-refractivity contribution in [3.63, 3.8) is 0 Å². The number of esters is 2. The Labute approximate surface area is 212 Å². The van der Waals surface area contributed by atoms with Gasteiger partial charge in [0.25, 0.3) is 0 Å². The largest absolute Gasteiger partial charge is 0.393 e. The minimum Gasteiger partial charge on any atom is -0.393 e. The smallest absolute Gasteiger partial charge is 0.313 e. The molecule has 0 atom stereocenters. The predicted molar refractivity (Wildman–Crippen MR) is 147 cm³/mol. The van der Waals surface area contributed by atoms with E-state index in [-0.39, 0.29) is 11.9 Å². The van der Waals surface area contributed by atoms with Crippen molar-refractivity contribution in [2.24, 2.45) is 0 Å². The van der Waals surface area contributed by atoms with Gasteiger partial charge < -0.3 is 4.74 Å². The van der Waals surface area contributed by atoms with E-state index in [1.807, 2.05) is 0 Å². The summed E-state index contributed by atoms with van der Waals surface area (Å²) in [5.41, 5.74) is 0. The van der Waals surface area contributed by atoms with Gasteiger partial charge in [0.2, 0.25) is 0 Å². The molecule has 0 aromatic carbocycles. The number of unbranched alkanes of at least 4 members (excludes halogenated alkanes) is 20. The van der Waals surface area contributed by atoms with Crippen molar-refractivity contribution in [2.45, 2.75) is 174 Å². The Morgan fingerprint density at radius 3 is 1.09 bits per heavy atom. The lowest BCUT2D eigenvalue weighted by atomic mass is 10.1. The zero-order chi connectivity index (χ0) is 25.0. The maximum Gasteiger partial charge on any atom is 0.313 e. The van der Waals surface area contributed by atoms with Crippen LogP contribution in [0.2, 0.25) is 0 Å². The van der Waals surface area contributed by atoms with Crippen LogP contribution in [0.25, 0.3) is 0 Å². The van der Waals surface area contributed by atoms with Crippen LogP contribution in [0, 0.1) is 0 Å². The monoisotopic (exact) mass is 478 g/mol. The zero-order valence-corrected chi connectivity index (χ0v) is 23.1. The fraction of sp³-hybridized carbons (Fsp3) is 0.871. The van der Waals surface area contributed by atoms with Crippen molar-refractivity contribution in [1.29, 1.82) is 0 Å². The first-order valence-corrected chi connectivity index (χ1v) is 15.1. The molecule has 0 radical (unpaired) electrons. The van der Waals surface area contributed by atoms with Crippen molar-refractivity contribution < 1.29 is 14.3 Å². The summed E-state index contributed by atoms with van der Waals surface area (Å²) >= 11 is 0. The first-order valence-electron chi connectivity index (χ1n) is 15.1. The summed E-state index contributed by atoms with van der Waals surface area (Å²) in [6.07, 6.45) is 34.1. The molecular weight excluding hydrogens is 420 g/mol. The Kier molecular flexibility index (Phi) is 27.2. The van der Waals surface area contributed by atoms with E-state index in [4.69, 9.17) is 4.74 Å². The van der Waals surface area contributed by atoms with Crippen LogP contribution in [0.1, 0.15) is 174 Å². The van der Waals surface area contributed by atoms with Gasteiger partial charge in [0.05, 0.1) is 0 Å². The topological polar surface area (TPSA) is 43.4 Å². The molecule has 34 heavy (non-hydrogen) atoms. The molecule has 0 aliphatic carbocycles. The molecule has 0 aromatic heterocycles. The lowest BCUT2D eigenvalue weighted by Gasteiger charge is -2.04. The number of allylic oxidation sites excluding steroid dienone is 2. The summed E-state index contributed by atoms with van der Waals surface area (Å²) in [6.45, 7) is 4.47. The molecule has 0 bridgehead atoms. The highest BCUT2D eigenvalue weighted by Gasteiger charge is 2.09. The third kappa shape index (κ3) is 27.1. The number of hydrogen-bond donors (Lipinski definition) is 0. The third-order valence-corrected chi connectivity index (χ3v) is 6.60. The number of hydrogen-bond acceptors (Lipinski definition) is 3. The molecule has 0 saturated heterocycles.